The summed E-state index contributed by atoms with van der Waals surface area (Å²) in [6.45, 7) is 3.69. The first kappa shape index (κ1) is 9.28. The lowest BCUT2D eigenvalue weighted by atomic mass is 10.0. The van der Waals surface area contributed by atoms with Gasteiger partial charge in [-0.3, -0.25) is 4.79 Å². The summed E-state index contributed by atoms with van der Waals surface area (Å²) in [5.41, 5.74) is 1.71. The van der Waals surface area contributed by atoms with Gasteiger partial charge in [0.2, 0.25) is 5.91 Å². The lowest BCUT2D eigenvalue weighted by Crippen LogP contribution is -2.18. The van der Waals surface area contributed by atoms with E-state index in [1.165, 1.54) is 0 Å². The van der Waals surface area contributed by atoms with E-state index in [1.54, 1.807) is 0 Å². The fourth-order valence-corrected chi connectivity index (χ4v) is 1.67. The van der Waals surface area contributed by atoms with Gasteiger partial charge in [-0.2, -0.15) is 0 Å². The first-order chi connectivity index (χ1) is 6.66. The fourth-order valence-electron chi connectivity index (χ4n) is 1.55. The topological polar surface area (TPSA) is 29.1 Å². The van der Waals surface area contributed by atoms with Crippen molar-refractivity contribution in [3.63, 3.8) is 0 Å². The van der Waals surface area contributed by atoms with E-state index in [9.17, 15) is 4.79 Å². The molecule has 1 aromatic carbocycles. The van der Waals surface area contributed by atoms with Crippen LogP contribution in [0.15, 0.2) is 36.4 Å². The van der Waals surface area contributed by atoms with Crippen LogP contribution in [0, 0.1) is 0 Å². The third kappa shape index (κ3) is 1.66. The Morgan fingerprint density at radius 3 is 2.50 bits per heavy atom. The van der Waals surface area contributed by atoms with Gasteiger partial charge >= 0.3 is 0 Å². The van der Waals surface area contributed by atoms with Gasteiger partial charge in [0.25, 0.3) is 0 Å². The maximum Gasteiger partial charge on any atom is 0.247 e. The van der Waals surface area contributed by atoms with Crippen molar-refractivity contribution in [3.05, 3.63) is 47.0 Å². The summed E-state index contributed by atoms with van der Waals surface area (Å²) < 4.78 is 0. The van der Waals surface area contributed by atoms with Gasteiger partial charge in [0.15, 0.2) is 0 Å². The van der Waals surface area contributed by atoms with Crippen molar-refractivity contribution in [1.29, 1.82) is 0 Å². The summed E-state index contributed by atoms with van der Waals surface area (Å²) in [6.07, 6.45) is 0.681. The molecule has 1 N–H and O–H groups in total. The quantitative estimate of drug-likeness (QED) is 0.705. The number of hydrogen-bond acceptors (Lipinski definition) is 1. The second-order valence-electron chi connectivity index (χ2n) is 3.39. The molecule has 1 amide bonds. The Balaban J connectivity index is 2.21. The molecule has 1 atom stereocenters. The second kappa shape index (κ2) is 3.46. The first-order valence-electron chi connectivity index (χ1n) is 4.41. The summed E-state index contributed by atoms with van der Waals surface area (Å²) in [7, 11) is 0. The van der Waals surface area contributed by atoms with Gasteiger partial charge < -0.3 is 5.32 Å². The Hall–Kier alpha value is -1.28. The molecule has 0 aromatic heterocycles. The molecule has 1 aliphatic heterocycles. The molecule has 1 aromatic rings. The molecule has 1 aliphatic rings. The Labute approximate surface area is 87.6 Å². The molecule has 0 saturated carbocycles. The van der Waals surface area contributed by atoms with Crippen LogP contribution in [0.25, 0.3) is 0 Å². The molecule has 0 radical (unpaired) electrons. The molecule has 1 unspecified atom stereocenters. The van der Waals surface area contributed by atoms with E-state index < -0.39 is 0 Å². The van der Waals surface area contributed by atoms with Crippen LogP contribution < -0.4 is 5.32 Å². The summed E-state index contributed by atoms with van der Waals surface area (Å²) in [5.74, 6) is -0.0510. The number of rotatable bonds is 1. The molecular formula is C11H10ClNO. The minimum Gasteiger partial charge on any atom is -0.345 e. The Kier molecular flexibility index (Phi) is 2.30. The SMILES string of the molecule is C=C1CC(c2ccc(Cl)cc2)NC1=O. The minimum absolute atomic E-state index is 0.0510. The highest BCUT2D eigenvalue weighted by Crippen LogP contribution is 2.27. The van der Waals surface area contributed by atoms with E-state index in [-0.39, 0.29) is 11.9 Å². The molecule has 3 heteroatoms. The summed E-state index contributed by atoms with van der Waals surface area (Å²) in [4.78, 5) is 11.2. The summed E-state index contributed by atoms with van der Waals surface area (Å²) in [6, 6.07) is 7.55. The van der Waals surface area contributed by atoms with Crippen LogP contribution >= 0.6 is 11.6 Å². The molecule has 1 fully saturated rings. The van der Waals surface area contributed by atoms with Crippen LogP contribution in [0.5, 0.6) is 0 Å². The number of amides is 1. The van der Waals surface area contributed by atoms with Crippen LogP contribution in [-0.2, 0) is 4.79 Å². The zero-order chi connectivity index (χ0) is 10.1. The molecule has 2 rings (SSSR count). The van der Waals surface area contributed by atoms with Gasteiger partial charge in [0, 0.05) is 17.0 Å². The molecule has 0 spiro atoms. The summed E-state index contributed by atoms with van der Waals surface area (Å²) in [5, 5.41) is 3.56. The number of benzene rings is 1. The van der Waals surface area contributed by atoms with Crippen LogP contribution in [0.4, 0.5) is 0 Å². The van der Waals surface area contributed by atoms with Crippen molar-refractivity contribution in [3.8, 4) is 0 Å². The van der Waals surface area contributed by atoms with E-state index >= 15 is 0 Å². The van der Waals surface area contributed by atoms with E-state index in [0.717, 1.165) is 5.56 Å². The zero-order valence-electron chi connectivity index (χ0n) is 7.59. The number of carbonyl (C=O) groups excluding carboxylic acids is 1. The number of carbonyl (C=O) groups is 1. The maximum absolute atomic E-state index is 11.2. The normalized spacial score (nSPS) is 21.1. The Morgan fingerprint density at radius 2 is 2.00 bits per heavy atom. The molecule has 2 nitrogen and oxygen atoms in total. The van der Waals surface area contributed by atoms with Gasteiger partial charge in [-0.05, 0) is 17.7 Å². The van der Waals surface area contributed by atoms with Crippen LogP contribution in [0.3, 0.4) is 0 Å². The molecule has 0 bridgehead atoms. The highest BCUT2D eigenvalue weighted by atomic mass is 35.5. The largest absolute Gasteiger partial charge is 0.345 e. The number of hydrogen-bond donors (Lipinski definition) is 1. The average Bonchev–Trinajstić information content (AvgIpc) is 2.48. The molecule has 0 aliphatic carbocycles. The van der Waals surface area contributed by atoms with Crippen molar-refractivity contribution in [1.82, 2.24) is 5.32 Å². The smallest absolute Gasteiger partial charge is 0.247 e. The van der Waals surface area contributed by atoms with Crippen LogP contribution in [0.2, 0.25) is 5.02 Å². The van der Waals surface area contributed by atoms with Crippen LogP contribution in [0.1, 0.15) is 18.0 Å². The van der Waals surface area contributed by atoms with Gasteiger partial charge in [-0.15, -0.1) is 0 Å². The predicted octanol–water partition coefficient (Wildman–Crippen LogP) is 2.46. The van der Waals surface area contributed by atoms with Crippen molar-refractivity contribution in [2.45, 2.75) is 12.5 Å². The van der Waals surface area contributed by atoms with E-state index in [4.69, 9.17) is 11.6 Å². The molecular weight excluding hydrogens is 198 g/mol. The Morgan fingerprint density at radius 1 is 1.36 bits per heavy atom. The van der Waals surface area contributed by atoms with Gasteiger partial charge in [-0.1, -0.05) is 30.3 Å². The van der Waals surface area contributed by atoms with Gasteiger partial charge in [0.05, 0.1) is 6.04 Å². The predicted molar refractivity (Wildman–Crippen MR) is 56.1 cm³/mol. The molecule has 1 heterocycles. The monoisotopic (exact) mass is 207 g/mol. The van der Waals surface area contributed by atoms with Crippen molar-refractivity contribution in [2.75, 3.05) is 0 Å². The van der Waals surface area contributed by atoms with Gasteiger partial charge in [0.1, 0.15) is 0 Å². The number of nitrogens with one attached hydrogen (secondary N) is 1. The van der Waals surface area contributed by atoms with Crippen molar-refractivity contribution >= 4 is 17.5 Å². The second-order valence-corrected chi connectivity index (χ2v) is 3.82. The zero-order valence-corrected chi connectivity index (χ0v) is 8.34. The Bertz CT molecular complexity index is 367. The highest BCUT2D eigenvalue weighted by Gasteiger charge is 2.25. The third-order valence-electron chi connectivity index (χ3n) is 2.35. The van der Waals surface area contributed by atoms with E-state index in [0.29, 0.717) is 17.0 Å². The van der Waals surface area contributed by atoms with Crippen molar-refractivity contribution < 1.29 is 4.79 Å². The molecule has 14 heavy (non-hydrogen) atoms. The lowest BCUT2D eigenvalue weighted by Gasteiger charge is -2.09. The fraction of sp³-hybridized carbons (Fsp3) is 0.182. The average molecular weight is 208 g/mol. The van der Waals surface area contributed by atoms with Gasteiger partial charge in [-0.25, -0.2) is 0 Å². The standard InChI is InChI=1S/C11H10ClNO/c1-7-6-10(13-11(7)14)8-2-4-9(12)5-3-8/h2-5,10H,1,6H2,(H,13,14). The lowest BCUT2D eigenvalue weighted by molar-refractivity contribution is -0.116. The van der Waals surface area contributed by atoms with Crippen LogP contribution in [-0.4, -0.2) is 5.91 Å². The first-order valence-corrected chi connectivity index (χ1v) is 4.79. The molecule has 72 valence electrons. The number of halogens is 1. The van der Waals surface area contributed by atoms with E-state index in [2.05, 4.69) is 11.9 Å². The summed E-state index contributed by atoms with van der Waals surface area (Å²) >= 11 is 5.77. The minimum atomic E-state index is -0.0510. The molecule has 1 saturated heterocycles. The third-order valence-corrected chi connectivity index (χ3v) is 2.60. The highest BCUT2D eigenvalue weighted by molar-refractivity contribution is 6.30. The van der Waals surface area contributed by atoms with E-state index in [1.807, 2.05) is 24.3 Å². The van der Waals surface area contributed by atoms with Crippen molar-refractivity contribution in [2.24, 2.45) is 0 Å². The maximum atomic E-state index is 11.2.